The lowest BCUT2D eigenvalue weighted by molar-refractivity contribution is 0.145. The van der Waals surface area contributed by atoms with Crippen LogP contribution >= 0.6 is 0 Å². The minimum absolute atomic E-state index is 0.396. The van der Waals surface area contributed by atoms with Gasteiger partial charge in [-0.05, 0) is 6.92 Å². The summed E-state index contributed by atoms with van der Waals surface area (Å²) in [6, 6.07) is 2.97. The van der Waals surface area contributed by atoms with E-state index < -0.39 is 5.63 Å². The predicted molar refractivity (Wildman–Crippen MR) is 47.1 cm³/mol. The van der Waals surface area contributed by atoms with Gasteiger partial charge in [0.15, 0.2) is 0 Å². The molecule has 0 aromatic carbocycles. The summed E-state index contributed by atoms with van der Waals surface area (Å²) in [6.07, 6.45) is 0. The quantitative estimate of drug-likeness (QED) is 0.654. The Kier molecular flexibility index (Phi) is 3.52. The van der Waals surface area contributed by atoms with Crippen LogP contribution in [0.3, 0.4) is 0 Å². The van der Waals surface area contributed by atoms with E-state index >= 15 is 0 Å². The average Bonchev–Trinajstić information content (AvgIpc) is 2.03. The molecular weight excluding hydrogens is 172 g/mol. The standard InChI is InChI=1S/C9H12O4/c1-7-5-8(6-9(10)13-7)12-4-3-11-2/h5-6H,3-4H2,1-2H3. The van der Waals surface area contributed by atoms with E-state index in [1.54, 1.807) is 20.1 Å². The molecule has 0 atom stereocenters. The van der Waals surface area contributed by atoms with E-state index in [1.165, 1.54) is 6.07 Å². The lowest BCUT2D eigenvalue weighted by Crippen LogP contribution is -2.06. The fraction of sp³-hybridized carbons (Fsp3) is 0.444. The number of hydrogen-bond acceptors (Lipinski definition) is 4. The third kappa shape index (κ3) is 3.29. The molecule has 13 heavy (non-hydrogen) atoms. The average molecular weight is 184 g/mol. The number of ether oxygens (including phenoxy) is 2. The molecule has 0 unspecified atom stereocenters. The summed E-state index contributed by atoms with van der Waals surface area (Å²) in [5.41, 5.74) is -0.396. The summed E-state index contributed by atoms with van der Waals surface area (Å²) >= 11 is 0. The van der Waals surface area contributed by atoms with Crippen molar-refractivity contribution in [2.75, 3.05) is 20.3 Å². The topological polar surface area (TPSA) is 48.7 Å². The number of rotatable bonds is 4. The van der Waals surface area contributed by atoms with Crippen LogP contribution in [0.1, 0.15) is 5.76 Å². The van der Waals surface area contributed by atoms with E-state index in [0.717, 1.165) is 0 Å². The van der Waals surface area contributed by atoms with Gasteiger partial charge in [0, 0.05) is 13.2 Å². The summed E-state index contributed by atoms with van der Waals surface area (Å²) < 4.78 is 14.8. The van der Waals surface area contributed by atoms with Gasteiger partial charge in [-0.2, -0.15) is 0 Å². The Hall–Kier alpha value is -1.29. The van der Waals surface area contributed by atoms with Crippen molar-refractivity contribution in [1.82, 2.24) is 0 Å². The normalized spacial score (nSPS) is 10.0. The molecule has 0 aliphatic heterocycles. The summed E-state index contributed by atoms with van der Waals surface area (Å²) in [7, 11) is 1.59. The highest BCUT2D eigenvalue weighted by atomic mass is 16.5. The summed E-state index contributed by atoms with van der Waals surface area (Å²) in [6.45, 7) is 2.63. The number of methoxy groups -OCH3 is 1. The van der Waals surface area contributed by atoms with E-state index in [-0.39, 0.29) is 0 Å². The Balaban J connectivity index is 2.61. The molecule has 0 saturated carbocycles. The SMILES string of the molecule is COCCOc1cc(C)oc(=O)c1. The van der Waals surface area contributed by atoms with Crippen LogP contribution in [-0.2, 0) is 4.74 Å². The minimum Gasteiger partial charge on any atom is -0.491 e. The molecule has 0 radical (unpaired) electrons. The number of hydrogen-bond donors (Lipinski definition) is 0. The Bertz CT molecular complexity index is 316. The first-order chi connectivity index (χ1) is 6.22. The van der Waals surface area contributed by atoms with Gasteiger partial charge < -0.3 is 13.9 Å². The Morgan fingerprint density at radius 1 is 1.38 bits per heavy atom. The molecule has 4 nitrogen and oxygen atoms in total. The Morgan fingerprint density at radius 3 is 2.77 bits per heavy atom. The van der Waals surface area contributed by atoms with Crippen LogP contribution in [0.2, 0.25) is 0 Å². The largest absolute Gasteiger partial charge is 0.491 e. The van der Waals surface area contributed by atoms with E-state index in [2.05, 4.69) is 0 Å². The summed E-state index contributed by atoms with van der Waals surface area (Å²) in [5, 5.41) is 0. The molecule has 1 heterocycles. The Labute approximate surface area is 76.1 Å². The molecule has 0 saturated heterocycles. The van der Waals surface area contributed by atoms with Crippen molar-refractivity contribution in [3.05, 3.63) is 28.3 Å². The molecule has 1 rings (SSSR count). The first-order valence-corrected chi connectivity index (χ1v) is 3.96. The highest BCUT2D eigenvalue weighted by Gasteiger charge is 1.98. The van der Waals surface area contributed by atoms with Gasteiger partial charge in [-0.3, -0.25) is 0 Å². The molecule has 4 heteroatoms. The zero-order valence-corrected chi connectivity index (χ0v) is 7.70. The molecule has 1 aromatic heterocycles. The van der Waals surface area contributed by atoms with E-state index in [4.69, 9.17) is 13.9 Å². The second kappa shape index (κ2) is 4.67. The second-order valence-corrected chi connectivity index (χ2v) is 2.56. The van der Waals surface area contributed by atoms with Crippen molar-refractivity contribution in [2.45, 2.75) is 6.92 Å². The zero-order valence-electron chi connectivity index (χ0n) is 7.70. The van der Waals surface area contributed by atoms with E-state index in [1.807, 2.05) is 0 Å². The highest BCUT2D eigenvalue weighted by Crippen LogP contribution is 2.08. The van der Waals surface area contributed by atoms with Crippen LogP contribution < -0.4 is 10.4 Å². The monoisotopic (exact) mass is 184 g/mol. The molecule has 0 bridgehead atoms. The summed E-state index contributed by atoms with van der Waals surface area (Å²) in [4.78, 5) is 10.9. The molecule has 0 spiro atoms. The fourth-order valence-electron chi connectivity index (χ4n) is 0.902. The molecule has 0 aliphatic carbocycles. The molecule has 1 aromatic rings. The lowest BCUT2D eigenvalue weighted by atomic mass is 10.4. The van der Waals surface area contributed by atoms with Gasteiger partial charge in [0.2, 0.25) is 0 Å². The Morgan fingerprint density at radius 2 is 2.15 bits per heavy atom. The molecule has 0 amide bonds. The third-order valence-corrected chi connectivity index (χ3v) is 1.42. The second-order valence-electron chi connectivity index (χ2n) is 2.56. The van der Waals surface area contributed by atoms with Crippen LogP contribution in [0.4, 0.5) is 0 Å². The van der Waals surface area contributed by atoms with E-state index in [9.17, 15) is 4.79 Å². The van der Waals surface area contributed by atoms with Gasteiger partial charge in [-0.15, -0.1) is 0 Å². The van der Waals surface area contributed by atoms with Crippen molar-refractivity contribution in [1.29, 1.82) is 0 Å². The maximum absolute atomic E-state index is 10.9. The van der Waals surface area contributed by atoms with Crippen LogP contribution in [0.5, 0.6) is 5.75 Å². The fourth-order valence-corrected chi connectivity index (χ4v) is 0.902. The first kappa shape index (κ1) is 9.80. The van der Waals surface area contributed by atoms with Gasteiger partial charge in [0.25, 0.3) is 0 Å². The van der Waals surface area contributed by atoms with Crippen LogP contribution in [0, 0.1) is 6.92 Å². The van der Waals surface area contributed by atoms with Gasteiger partial charge in [0.1, 0.15) is 18.1 Å². The zero-order chi connectivity index (χ0) is 9.68. The first-order valence-electron chi connectivity index (χ1n) is 3.96. The maximum Gasteiger partial charge on any atom is 0.339 e. The van der Waals surface area contributed by atoms with Gasteiger partial charge in [0.05, 0.1) is 12.7 Å². The van der Waals surface area contributed by atoms with Gasteiger partial charge in [-0.25, -0.2) is 4.79 Å². The predicted octanol–water partition coefficient (Wildman–Crippen LogP) is 0.973. The molecule has 0 N–H and O–H groups in total. The van der Waals surface area contributed by atoms with Crippen molar-refractivity contribution >= 4 is 0 Å². The smallest absolute Gasteiger partial charge is 0.339 e. The van der Waals surface area contributed by atoms with Gasteiger partial charge in [-0.1, -0.05) is 0 Å². The summed E-state index contributed by atoms with van der Waals surface area (Å²) in [5.74, 6) is 1.06. The van der Waals surface area contributed by atoms with Crippen LogP contribution in [0.15, 0.2) is 21.3 Å². The van der Waals surface area contributed by atoms with Crippen molar-refractivity contribution < 1.29 is 13.9 Å². The highest BCUT2D eigenvalue weighted by molar-refractivity contribution is 5.19. The van der Waals surface area contributed by atoms with Gasteiger partial charge >= 0.3 is 5.63 Å². The van der Waals surface area contributed by atoms with E-state index in [0.29, 0.717) is 24.7 Å². The minimum atomic E-state index is -0.396. The van der Waals surface area contributed by atoms with Crippen molar-refractivity contribution in [3.63, 3.8) is 0 Å². The number of aryl methyl sites for hydroxylation is 1. The third-order valence-electron chi connectivity index (χ3n) is 1.42. The van der Waals surface area contributed by atoms with Crippen LogP contribution in [-0.4, -0.2) is 20.3 Å². The molecule has 0 fully saturated rings. The van der Waals surface area contributed by atoms with Crippen molar-refractivity contribution in [2.24, 2.45) is 0 Å². The maximum atomic E-state index is 10.9. The lowest BCUT2D eigenvalue weighted by Gasteiger charge is -2.04. The molecular formula is C9H12O4. The van der Waals surface area contributed by atoms with Crippen LogP contribution in [0.25, 0.3) is 0 Å². The molecule has 0 aliphatic rings. The molecule has 72 valence electrons. The van der Waals surface area contributed by atoms with Crippen molar-refractivity contribution in [3.8, 4) is 5.75 Å².